The highest BCUT2D eigenvalue weighted by Gasteiger charge is 2.05. The van der Waals surface area contributed by atoms with Gasteiger partial charge >= 0.3 is 0 Å². The largest absolute Gasteiger partial charge is 0.350 e. The molecular weight excluding hydrogens is 226 g/mol. The molecule has 0 saturated heterocycles. The molecule has 1 rings (SSSR count). The van der Waals surface area contributed by atoms with Crippen LogP contribution < -0.4 is 5.32 Å². The van der Waals surface area contributed by atoms with Crippen LogP contribution in [0.5, 0.6) is 0 Å². The molecule has 1 heterocycles. The first-order valence-corrected chi connectivity index (χ1v) is 6.58. The van der Waals surface area contributed by atoms with E-state index >= 15 is 0 Å². The summed E-state index contributed by atoms with van der Waals surface area (Å²) in [5, 5.41) is 3.41. The maximum atomic E-state index is 11.5. The van der Waals surface area contributed by atoms with Crippen molar-refractivity contribution in [3.63, 3.8) is 0 Å². The van der Waals surface area contributed by atoms with Crippen molar-refractivity contribution in [3.05, 3.63) is 24.0 Å². The molecule has 102 valence electrons. The number of hydrogen-bond donors (Lipinski definition) is 1. The summed E-state index contributed by atoms with van der Waals surface area (Å²) in [5.41, 5.74) is 1.28. The molecule has 0 aliphatic heterocycles. The van der Waals surface area contributed by atoms with Gasteiger partial charge in [-0.3, -0.25) is 4.79 Å². The summed E-state index contributed by atoms with van der Waals surface area (Å²) in [6.45, 7) is 6.07. The predicted molar refractivity (Wildman–Crippen MR) is 74.3 cm³/mol. The zero-order valence-electron chi connectivity index (χ0n) is 11.9. The number of carbonyl (C=O) groups excluding carboxylic acids is 1. The van der Waals surface area contributed by atoms with Crippen LogP contribution in [0.15, 0.2) is 18.3 Å². The van der Waals surface area contributed by atoms with Gasteiger partial charge in [-0.1, -0.05) is 13.8 Å². The Morgan fingerprint density at radius 2 is 2.17 bits per heavy atom. The van der Waals surface area contributed by atoms with E-state index in [0.29, 0.717) is 12.5 Å². The monoisotopic (exact) mass is 251 g/mol. The van der Waals surface area contributed by atoms with Crippen LogP contribution in [0.25, 0.3) is 0 Å². The fraction of sp³-hybridized carbons (Fsp3) is 0.643. The Hall–Kier alpha value is -1.29. The lowest BCUT2D eigenvalue weighted by Crippen LogP contribution is -2.24. The molecule has 1 aromatic heterocycles. The molecule has 0 atom stereocenters. The average molecular weight is 251 g/mol. The summed E-state index contributed by atoms with van der Waals surface area (Å²) in [6, 6.07) is 4.68. The van der Waals surface area contributed by atoms with Gasteiger partial charge in [0.1, 0.15) is 0 Å². The summed E-state index contributed by atoms with van der Waals surface area (Å²) in [6.07, 6.45) is 3.58. The van der Waals surface area contributed by atoms with Crippen molar-refractivity contribution >= 4 is 5.91 Å². The topological polar surface area (TPSA) is 37.3 Å². The Bertz CT molecular complexity index is 369. The number of aromatic nitrogens is 1. The van der Waals surface area contributed by atoms with E-state index in [-0.39, 0.29) is 5.91 Å². The number of hydrogen-bond acceptors (Lipinski definition) is 2. The second-order valence-corrected chi connectivity index (χ2v) is 5.12. The molecule has 0 bridgehead atoms. The van der Waals surface area contributed by atoms with E-state index in [1.165, 1.54) is 5.69 Å². The first-order chi connectivity index (χ1) is 8.50. The van der Waals surface area contributed by atoms with E-state index in [2.05, 4.69) is 42.1 Å². The number of nitrogens with zero attached hydrogens (tertiary/aromatic N) is 2. The molecule has 0 aliphatic carbocycles. The zero-order chi connectivity index (χ0) is 13.5. The van der Waals surface area contributed by atoms with Crippen LogP contribution in [0.4, 0.5) is 0 Å². The van der Waals surface area contributed by atoms with Gasteiger partial charge in [-0.2, -0.15) is 0 Å². The van der Waals surface area contributed by atoms with Crippen molar-refractivity contribution in [1.82, 2.24) is 14.8 Å². The van der Waals surface area contributed by atoms with Crippen molar-refractivity contribution < 1.29 is 4.79 Å². The molecule has 1 amide bonds. The molecular formula is C14H25N3O. The van der Waals surface area contributed by atoms with Crippen LogP contribution in [-0.2, 0) is 17.9 Å². The maximum absolute atomic E-state index is 11.5. The smallest absolute Gasteiger partial charge is 0.222 e. The molecule has 18 heavy (non-hydrogen) atoms. The van der Waals surface area contributed by atoms with Gasteiger partial charge in [0.15, 0.2) is 0 Å². The summed E-state index contributed by atoms with van der Waals surface area (Å²) in [5.74, 6) is 0.198. The third-order valence-corrected chi connectivity index (χ3v) is 2.90. The van der Waals surface area contributed by atoms with Crippen molar-refractivity contribution in [1.29, 1.82) is 0 Å². The van der Waals surface area contributed by atoms with Crippen LogP contribution in [0.1, 0.15) is 32.4 Å². The van der Waals surface area contributed by atoms with Crippen LogP contribution in [0, 0.1) is 0 Å². The predicted octanol–water partition coefficient (Wildman–Crippen LogP) is 1.85. The van der Waals surface area contributed by atoms with Crippen molar-refractivity contribution in [2.75, 3.05) is 14.1 Å². The summed E-state index contributed by atoms with van der Waals surface area (Å²) >= 11 is 0. The lowest BCUT2D eigenvalue weighted by Gasteiger charge is -2.13. The Morgan fingerprint density at radius 3 is 2.78 bits per heavy atom. The van der Waals surface area contributed by atoms with Gasteiger partial charge in [-0.15, -0.1) is 0 Å². The molecule has 0 saturated carbocycles. The molecule has 1 aromatic rings. The highest BCUT2D eigenvalue weighted by Crippen LogP contribution is 2.05. The number of nitrogens with one attached hydrogen (secondary N) is 1. The quantitative estimate of drug-likeness (QED) is 0.803. The fourth-order valence-electron chi connectivity index (χ4n) is 1.76. The highest BCUT2D eigenvalue weighted by molar-refractivity contribution is 5.75. The molecule has 0 aliphatic rings. The van der Waals surface area contributed by atoms with E-state index in [0.717, 1.165) is 19.5 Å². The molecule has 0 spiro atoms. The van der Waals surface area contributed by atoms with Crippen LogP contribution in [0.3, 0.4) is 0 Å². The van der Waals surface area contributed by atoms with E-state index in [4.69, 9.17) is 0 Å². The van der Waals surface area contributed by atoms with E-state index in [9.17, 15) is 4.79 Å². The van der Waals surface area contributed by atoms with Gasteiger partial charge < -0.3 is 14.8 Å². The van der Waals surface area contributed by atoms with E-state index in [1.807, 2.05) is 0 Å². The van der Waals surface area contributed by atoms with Crippen molar-refractivity contribution in [2.24, 2.45) is 0 Å². The minimum absolute atomic E-state index is 0.198. The lowest BCUT2D eigenvalue weighted by molar-refractivity contribution is -0.128. The van der Waals surface area contributed by atoms with Gasteiger partial charge in [-0.25, -0.2) is 0 Å². The van der Waals surface area contributed by atoms with Gasteiger partial charge in [-0.05, 0) is 18.6 Å². The van der Waals surface area contributed by atoms with Crippen molar-refractivity contribution in [3.8, 4) is 0 Å². The zero-order valence-corrected chi connectivity index (χ0v) is 11.9. The number of aryl methyl sites for hydroxylation is 1. The Balaban J connectivity index is 2.38. The Morgan fingerprint density at radius 1 is 1.44 bits per heavy atom. The number of carbonyl (C=O) groups is 1. The molecule has 0 radical (unpaired) electrons. The maximum Gasteiger partial charge on any atom is 0.222 e. The van der Waals surface area contributed by atoms with Crippen LogP contribution >= 0.6 is 0 Å². The summed E-state index contributed by atoms with van der Waals surface area (Å²) in [7, 11) is 3.60. The Labute approximate surface area is 110 Å². The lowest BCUT2D eigenvalue weighted by atomic mass is 10.2. The second kappa shape index (κ2) is 7.21. The van der Waals surface area contributed by atoms with Gasteiger partial charge in [0.25, 0.3) is 0 Å². The molecule has 4 nitrogen and oxygen atoms in total. The van der Waals surface area contributed by atoms with Gasteiger partial charge in [0.2, 0.25) is 5.91 Å². The normalized spacial score (nSPS) is 10.9. The molecule has 0 fully saturated rings. The van der Waals surface area contributed by atoms with Crippen LogP contribution in [-0.4, -0.2) is 35.5 Å². The standard InChI is InChI=1S/C14H25N3O/c1-12(2)15-11-13-7-5-9-17(13)10-6-8-14(18)16(3)4/h5,7,9,12,15H,6,8,10-11H2,1-4H3. The third-order valence-electron chi connectivity index (χ3n) is 2.90. The number of amides is 1. The van der Waals surface area contributed by atoms with Crippen LogP contribution in [0.2, 0.25) is 0 Å². The van der Waals surface area contributed by atoms with Gasteiger partial charge in [0, 0.05) is 51.5 Å². The minimum Gasteiger partial charge on any atom is -0.350 e. The van der Waals surface area contributed by atoms with Gasteiger partial charge in [0.05, 0.1) is 0 Å². The SMILES string of the molecule is CC(C)NCc1cccn1CCCC(=O)N(C)C. The van der Waals surface area contributed by atoms with Crippen molar-refractivity contribution in [2.45, 2.75) is 45.8 Å². The molecule has 0 aromatic carbocycles. The molecule has 4 heteroatoms. The minimum atomic E-state index is 0.198. The third kappa shape index (κ3) is 4.92. The second-order valence-electron chi connectivity index (χ2n) is 5.12. The van der Waals surface area contributed by atoms with E-state index < -0.39 is 0 Å². The average Bonchev–Trinajstić information content (AvgIpc) is 2.73. The Kier molecular flexibility index (Phi) is 5.92. The molecule has 1 N–H and O–H groups in total. The summed E-state index contributed by atoms with van der Waals surface area (Å²) in [4.78, 5) is 13.1. The van der Waals surface area contributed by atoms with E-state index in [1.54, 1.807) is 19.0 Å². The number of rotatable bonds is 7. The highest BCUT2D eigenvalue weighted by atomic mass is 16.2. The first kappa shape index (κ1) is 14.8. The fourth-order valence-corrected chi connectivity index (χ4v) is 1.76. The molecule has 0 unspecified atom stereocenters. The summed E-state index contributed by atoms with van der Waals surface area (Å²) < 4.78 is 2.22. The first-order valence-electron chi connectivity index (χ1n) is 6.58.